The van der Waals surface area contributed by atoms with Crippen LogP contribution in [-0.4, -0.2) is 42.5 Å². The van der Waals surface area contributed by atoms with E-state index in [1.54, 1.807) is 18.2 Å². The molecule has 7 nitrogen and oxygen atoms in total. The molecule has 0 saturated carbocycles. The Morgan fingerprint density at radius 1 is 1.10 bits per heavy atom. The van der Waals surface area contributed by atoms with E-state index in [0.29, 0.717) is 43.4 Å². The summed E-state index contributed by atoms with van der Waals surface area (Å²) in [7, 11) is 0. The Bertz CT molecular complexity index is 884. The number of anilines is 1. The lowest BCUT2D eigenvalue weighted by Gasteiger charge is -2.34. The van der Waals surface area contributed by atoms with E-state index in [9.17, 15) is 9.59 Å². The highest BCUT2D eigenvalue weighted by Crippen LogP contribution is 2.30. The maximum atomic E-state index is 12.8. The van der Waals surface area contributed by atoms with Crippen molar-refractivity contribution in [2.75, 3.05) is 25.1 Å². The number of hydrogen-bond acceptors (Lipinski definition) is 5. The normalized spacial score (nSPS) is 16.0. The second kappa shape index (κ2) is 9.43. The number of amides is 2. The molecule has 2 aromatic carbocycles. The fourth-order valence-electron chi connectivity index (χ4n) is 3.54. The Morgan fingerprint density at radius 3 is 2.52 bits per heavy atom. The van der Waals surface area contributed by atoms with Crippen LogP contribution < -0.4 is 20.5 Å². The van der Waals surface area contributed by atoms with Gasteiger partial charge in [0.05, 0.1) is 31.5 Å². The van der Waals surface area contributed by atoms with Crippen molar-refractivity contribution in [2.45, 2.75) is 32.9 Å². The molecule has 1 aliphatic heterocycles. The lowest BCUT2D eigenvalue weighted by atomic mass is 9.93. The Kier molecular flexibility index (Phi) is 6.72. The molecule has 2 amide bonds. The molecule has 0 fully saturated rings. The minimum Gasteiger partial charge on any atom is -0.494 e. The number of carbonyl (C=O) groups excluding carboxylic acids is 2. The SMILES string of the molecule is CCOc1ccc(OCC)c(NC(=O)CN2Cc3ccccc3C[C@H]2C(N)=O)c1. The quantitative estimate of drug-likeness (QED) is 0.713. The Morgan fingerprint density at radius 2 is 1.83 bits per heavy atom. The first-order valence-corrected chi connectivity index (χ1v) is 9.81. The molecule has 154 valence electrons. The van der Waals surface area contributed by atoms with Gasteiger partial charge in [-0.3, -0.25) is 14.5 Å². The van der Waals surface area contributed by atoms with Crippen molar-refractivity contribution in [2.24, 2.45) is 5.73 Å². The second-order valence-corrected chi connectivity index (χ2v) is 6.87. The van der Waals surface area contributed by atoms with Crippen LogP contribution in [0.3, 0.4) is 0 Å². The Hall–Kier alpha value is -3.06. The van der Waals surface area contributed by atoms with Gasteiger partial charge in [-0.25, -0.2) is 0 Å². The zero-order valence-corrected chi connectivity index (χ0v) is 16.8. The third-order valence-electron chi connectivity index (χ3n) is 4.86. The van der Waals surface area contributed by atoms with Gasteiger partial charge >= 0.3 is 0 Å². The molecule has 1 heterocycles. The van der Waals surface area contributed by atoms with Gasteiger partial charge in [0.25, 0.3) is 0 Å². The Labute approximate surface area is 170 Å². The van der Waals surface area contributed by atoms with E-state index in [1.165, 1.54) is 0 Å². The van der Waals surface area contributed by atoms with Gasteiger partial charge in [-0.2, -0.15) is 0 Å². The highest BCUT2D eigenvalue weighted by atomic mass is 16.5. The van der Waals surface area contributed by atoms with Crippen LogP contribution in [0.4, 0.5) is 5.69 Å². The molecule has 0 aliphatic carbocycles. The molecule has 7 heteroatoms. The van der Waals surface area contributed by atoms with E-state index < -0.39 is 11.9 Å². The fourth-order valence-corrected chi connectivity index (χ4v) is 3.54. The number of benzene rings is 2. The highest BCUT2D eigenvalue weighted by Gasteiger charge is 2.31. The first-order chi connectivity index (χ1) is 14.0. The van der Waals surface area contributed by atoms with E-state index >= 15 is 0 Å². The van der Waals surface area contributed by atoms with Crippen molar-refractivity contribution in [1.82, 2.24) is 4.90 Å². The first-order valence-electron chi connectivity index (χ1n) is 9.81. The van der Waals surface area contributed by atoms with Crippen LogP contribution in [0, 0.1) is 0 Å². The molecule has 3 N–H and O–H groups in total. The van der Waals surface area contributed by atoms with Gasteiger partial charge in [0.2, 0.25) is 11.8 Å². The monoisotopic (exact) mass is 397 g/mol. The summed E-state index contributed by atoms with van der Waals surface area (Å²) in [5.74, 6) is 0.541. The van der Waals surface area contributed by atoms with Crippen molar-refractivity contribution in [3.63, 3.8) is 0 Å². The molecule has 0 bridgehead atoms. The van der Waals surface area contributed by atoms with Crippen LogP contribution in [0.15, 0.2) is 42.5 Å². The first kappa shape index (κ1) is 20.7. The van der Waals surface area contributed by atoms with E-state index in [2.05, 4.69) is 5.32 Å². The molecular weight excluding hydrogens is 370 g/mol. The molecule has 0 aromatic heterocycles. The minimum absolute atomic E-state index is 0.0480. The summed E-state index contributed by atoms with van der Waals surface area (Å²) < 4.78 is 11.1. The van der Waals surface area contributed by atoms with Crippen LogP contribution in [0.5, 0.6) is 11.5 Å². The number of nitrogens with two attached hydrogens (primary N) is 1. The fraction of sp³-hybridized carbons (Fsp3) is 0.364. The summed E-state index contributed by atoms with van der Waals surface area (Å²) in [5, 5.41) is 2.89. The topological polar surface area (TPSA) is 93.9 Å². The van der Waals surface area contributed by atoms with Crippen molar-refractivity contribution < 1.29 is 19.1 Å². The molecule has 2 aromatic rings. The Balaban J connectivity index is 1.75. The van der Waals surface area contributed by atoms with Gasteiger partial charge < -0.3 is 20.5 Å². The number of nitrogens with one attached hydrogen (secondary N) is 1. The van der Waals surface area contributed by atoms with Crippen molar-refractivity contribution >= 4 is 17.5 Å². The molecule has 29 heavy (non-hydrogen) atoms. The molecule has 0 radical (unpaired) electrons. The summed E-state index contributed by atoms with van der Waals surface area (Å²) in [6.45, 7) is 5.32. The molecule has 3 rings (SSSR count). The van der Waals surface area contributed by atoms with E-state index in [-0.39, 0.29) is 12.5 Å². The number of carbonyl (C=O) groups is 2. The summed E-state index contributed by atoms with van der Waals surface area (Å²) in [6, 6.07) is 12.7. The van der Waals surface area contributed by atoms with Gasteiger partial charge in [0.15, 0.2) is 0 Å². The lowest BCUT2D eigenvalue weighted by molar-refractivity contribution is -0.125. The minimum atomic E-state index is -0.517. The second-order valence-electron chi connectivity index (χ2n) is 6.87. The number of ether oxygens (including phenoxy) is 2. The molecule has 1 atom stereocenters. The zero-order chi connectivity index (χ0) is 20.8. The summed E-state index contributed by atoms with van der Waals surface area (Å²) >= 11 is 0. The standard InChI is InChI=1S/C22H27N3O4/c1-3-28-17-9-10-20(29-4-2)18(12-17)24-21(26)14-25-13-16-8-6-5-7-15(16)11-19(25)22(23)27/h5-10,12,19H,3-4,11,13-14H2,1-2H3,(H2,23,27)(H,24,26)/t19-/m0/s1. The maximum absolute atomic E-state index is 12.8. The number of fused-ring (bicyclic) bond motifs is 1. The van der Waals surface area contributed by atoms with Crippen molar-refractivity contribution in [3.05, 3.63) is 53.6 Å². The average molecular weight is 397 g/mol. The largest absolute Gasteiger partial charge is 0.494 e. The van der Waals surface area contributed by atoms with Gasteiger partial charge in [-0.05, 0) is 43.5 Å². The van der Waals surface area contributed by atoms with Crippen molar-refractivity contribution in [1.29, 1.82) is 0 Å². The molecule has 0 unspecified atom stereocenters. The van der Waals surface area contributed by atoms with Crippen molar-refractivity contribution in [3.8, 4) is 11.5 Å². The summed E-state index contributed by atoms with van der Waals surface area (Å²) in [4.78, 5) is 26.6. The van der Waals surface area contributed by atoms with Crippen LogP contribution in [-0.2, 0) is 22.6 Å². The molecule has 0 saturated heterocycles. The molecule has 0 spiro atoms. The van der Waals surface area contributed by atoms with E-state index in [0.717, 1.165) is 11.1 Å². The summed E-state index contributed by atoms with van der Waals surface area (Å²) in [5.41, 5.74) is 8.35. The third kappa shape index (κ3) is 5.06. The number of hydrogen-bond donors (Lipinski definition) is 2. The summed E-state index contributed by atoms with van der Waals surface area (Å²) in [6.07, 6.45) is 0.503. The predicted molar refractivity (Wildman–Crippen MR) is 111 cm³/mol. The van der Waals surface area contributed by atoms with Crippen LogP contribution >= 0.6 is 0 Å². The van der Waals surface area contributed by atoms with Crippen LogP contribution in [0.2, 0.25) is 0 Å². The zero-order valence-electron chi connectivity index (χ0n) is 16.8. The molecule has 1 aliphatic rings. The molecular formula is C22H27N3O4. The smallest absolute Gasteiger partial charge is 0.238 e. The predicted octanol–water partition coefficient (Wildman–Crippen LogP) is 2.33. The van der Waals surface area contributed by atoms with E-state index in [1.807, 2.05) is 43.0 Å². The number of nitrogens with zero attached hydrogens (tertiary/aromatic N) is 1. The lowest BCUT2D eigenvalue weighted by Crippen LogP contribution is -2.50. The number of primary amides is 1. The van der Waals surface area contributed by atoms with Gasteiger partial charge in [0.1, 0.15) is 11.5 Å². The van der Waals surface area contributed by atoms with Gasteiger partial charge in [0, 0.05) is 12.6 Å². The van der Waals surface area contributed by atoms with Crippen LogP contribution in [0.1, 0.15) is 25.0 Å². The maximum Gasteiger partial charge on any atom is 0.238 e. The van der Waals surface area contributed by atoms with E-state index in [4.69, 9.17) is 15.2 Å². The van der Waals surface area contributed by atoms with Gasteiger partial charge in [-0.1, -0.05) is 24.3 Å². The number of rotatable bonds is 8. The van der Waals surface area contributed by atoms with Gasteiger partial charge in [-0.15, -0.1) is 0 Å². The van der Waals surface area contributed by atoms with Crippen LogP contribution in [0.25, 0.3) is 0 Å². The third-order valence-corrected chi connectivity index (χ3v) is 4.86. The highest BCUT2D eigenvalue weighted by molar-refractivity contribution is 5.94. The average Bonchev–Trinajstić information content (AvgIpc) is 2.69.